The van der Waals surface area contributed by atoms with Crippen molar-refractivity contribution in [1.82, 2.24) is 9.97 Å². The van der Waals surface area contributed by atoms with E-state index in [2.05, 4.69) is 51.8 Å². The fourth-order valence-corrected chi connectivity index (χ4v) is 2.39. The van der Waals surface area contributed by atoms with Crippen LogP contribution in [0.2, 0.25) is 0 Å². The van der Waals surface area contributed by atoms with Crippen molar-refractivity contribution in [2.75, 3.05) is 19.0 Å². The van der Waals surface area contributed by atoms with Crippen LogP contribution in [0.1, 0.15) is 64.2 Å². The van der Waals surface area contributed by atoms with E-state index in [-0.39, 0.29) is 11.5 Å². The zero-order chi connectivity index (χ0) is 15.3. The lowest BCUT2D eigenvalue weighted by Gasteiger charge is -2.29. The maximum absolute atomic E-state index is 5.64. The lowest BCUT2D eigenvalue weighted by Crippen LogP contribution is -2.24. The van der Waals surface area contributed by atoms with Gasteiger partial charge in [0.05, 0.1) is 0 Å². The Balaban J connectivity index is 3.25. The summed E-state index contributed by atoms with van der Waals surface area (Å²) in [5.74, 6) is 1.73. The van der Waals surface area contributed by atoms with Gasteiger partial charge < -0.3 is 10.1 Å². The molecule has 0 bridgehead atoms. The van der Waals surface area contributed by atoms with Crippen molar-refractivity contribution in [3.8, 4) is 0 Å². The Labute approximate surface area is 123 Å². The molecule has 4 heteroatoms. The average Bonchev–Trinajstić information content (AvgIpc) is 2.35. The highest BCUT2D eigenvalue weighted by atomic mass is 16.5. The maximum Gasteiger partial charge on any atom is 0.160 e. The molecule has 1 aromatic heterocycles. The van der Waals surface area contributed by atoms with Gasteiger partial charge in [-0.2, -0.15) is 0 Å². The lowest BCUT2D eigenvalue weighted by atomic mass is 9.88. The van der Waals surface area contributed by atoms with E-state index < -0.39 is 0 Å². The Kier molecular flexibility index (Phi) is 5.93. The number of rotatable bonds is 6. The molecule has 0 amide bonds. The molecule has 20 heavy (non-hydrogen) atoms. The van der Waals surface area contributed by atoms with E-state index >= 15 is 0 Å². The van der Waals surface area contributed by atoms with Crippen LogP contribution in [0.15, 0.2) is 0 Å². The van der Waals surface area contributed by atoms with E-state index in [1.54, 1.807) is 7.11 Å². The van der Waals surface area contributed by atoms with Crippen LogP contribution in [0, 0.1) is 12.3 Å². The summed E-state index contributed by atoms with van der Waals surface area (Å²) < 4.78 is 5.64. The summed E-state index contributed by atoms with van der Waals surface area (Å²) >= 11 is 0. The summed E-state index contributed by atoms with van der Waals surface area (Å²) in [7, 11) is 1.72. The van der Waals surface area contributed by atoms with Crippen molar-refractivity contribution in [2.45, 2.75) is 60.5 Å². The van der Waals surface area contributed by atoms with Crippen LogP contribution >= 0.6 is 0 Å². The van der Waals surface area contributed by atoms with Gasteiger partial charge in [0.25, 0.3) is 0 Å². The Morgan fingerprint density at radius 3 is 2.30 bits per heavy atom. The first-order valence-corrected chi connectivity index (χ1v) is 7.49. The van der Waals surface area contributed by atoms with E-state index in [4.69, 9.17) is 9.72 Å². The van der Waals surface area contributed by atoms with Crippen molar-refractivity contribution < 1.29 is 4.74 Å². The molecule has 0 aliphatic carbocycles. The highest BCUT2D eigenvalue weighted by Gasteiger charge is 2.29. The van der Waals surface area contributed by atoms with E-state index in [0.717, 1.165) is 36.7 Å². The van der Waals surface area contributed by atoms with Crippen LogP contribution in [0.5, 0.6) is 0 Å². The molecule has 0 saturated heterocycles. The minimum atomic E-state index is -0.103. The van der Waals surface area contributed by atoms with Gasteiger partial charge in [-0.25, -0.2) is 9.97 Å². The first-order chi connectivity index (χ1) is 9.35. The van der Waals surface area contributed by atoms with Gasteiger partial charge >= 0.3 is 0 Å². The van der Waals surface area contributed by atoms with Crippen molar-refractivity contribution >= 4 is 5.82 Å². The molecule has 0 aliphatic heterocycles. The van der Waals surface area contributed by atoms with Crippen LogP contribution in [-0.2, 0) is 11.2 Å². The molecule has 4 nitrogen and oxygen atoms in total. The first kappa shape index (κ1) is 16.9. The second-order valence-corrected chi connectivity index (χ2v) is 6.26. The van der Waals surface area contributed by atoms with E-state index in [0.29, 0.717) is 0 Å². The summed E-state index contributed by atoms with van der Waals surface area (Å²) in [5, 5.41) is 3.42. The zero-order valence-electron chi connectivity index (χ0n) is 14.0. The van der Waals surface area contributed by atoms with Gasteiger partial charge in [-0.1, -0.05) is 34.6 Å². The Hall–Kier alpha value is -1.16. The van der Waals surface area contributed by atoms with Gasteiger partial charge in [0.15, 0.2) is 5.82 Å². The average molecular weight is 279 g/mol. The molecule has 0 aromatic carbocycles. The molecule has 1 aromatic rings. The summed E-state index contributed by atoms with van der Waals surface area (Å²) in [6, 6.07) is 0. The molecule has 1 rings (SSSR count). The molecule has 0 aliphatic rings. The van der Waals surface area contributed by atoms with Gasteiger partial charge in [-0.05, 0) is 25.2 Å². The number of hydrogen-bond donors (Lipinski definition) is 1. The van der Waals surface area contributed by atoms with Crippen LogP contribution in [0.3, 0.4) is 0 Å². The Morgan fingerprint density at radius 2 is 1.85 bits per heavy atom. The molecule has 1 atom stereocenters. The molecule has 0 fully saturated rings. The number of ether oxygens (including phenoxy) is 1. The summed E-state index contributed by atoms with van der Waals surface area (Å²) in [4.78, 5) is 9.41. The molecule has 1 unspecified atom stereocenters. The normalized spacial score (nSPS) is 13.3. The fraction of sp³-hybridized carbons (Fsp3) is 0.750. The van der Waals surface area contributed by atoms with Gasteiger partial charge in [0.2, 0.25) is 0 Å². The van der Waals surface area contributed by atoms with Gasteiger partial charge in [0, 0.05) is 24.9 Å². The number of hydrogen-bond acceptors (Lipinski definition) is 4. The Bertz CT molecular complexity index is 438. The van der Waals surface area contributed by atoms with Crippen molar-refractivity contribution in [2.24, 2.45) is 5.41 Å². The molecule has 1 N–H and O–H groups in total. The summed E-state index contributed by atoms with van der Waals surface area (Å²) in [5.41, 5.74) is 2.21. The Morgan fingerprint density at radius 1 is 1.20 bits per heavy atom. The van der Waals surface area contributed by atoms with E-state index in [9.17, 15) is 0 Å². The molecule has 0 radical (unpaired) electrons. The fourth-order valence-electron chi connectivity index (χ4n) is 2.39. The van der Waals surface area contributed by atoms with Gasteiger partial charge in [-0.3, -0.25) is 0 Å². The highest BCUT2D eigenvalue weighted by Crippen LogP contribution is 2.34. The number of aryl methyl sites for hydroxylation is 1. The molecular formula is C16H29N3O. The second kappa shape index (κ2) is 7.02. The summed E-state index contributed by atoms with van der Waals surface area (Å²) in [6.07, 6.45) is 1.91. The molecule has 0 spiro atoms. The van der Waals surface area contributed by atoms with Crippen molar-refractivity contribution in [3.05, 3.63) is 17.1 Å². The maximum atomic E-state index is 5.64. The monoisotopic (exact) mass is 279 g/mol. The van der Waals surface area contributed by atoms with Crippen LogP contribution < -0.4 is 5.32 Å². The number of anilines is 1. The standard InChI is InChI=1S/C16H29N3O/c1-8-10-17-14-12(9-2)11(3)18-15(19-14)13(20-7)16(4,5)6/h13H,8-10H2,1-7H3,(H,17,18,19). The van der Waals surface area contributed by atoms with E-state index in [1.807, 2.05) is 0 Å². The summed E-state index contributed by atoms with van der Waals surface area (Å²) in [6.45, 7) is 13.7. The van der Waals surface area contributed by atoms with Gasteiger partial charge in [-0.15, -0.1) is 0 Å². The second-order valence-electron chi connectivity index (χ2n) is 6.26. The topological polar surface area (TPSA) is 47.0 Å². The quantitative estimate of drug-likeness (QED) is 0.858. The van der Waals surface area contributed by atoms with Crippen LogP contribution in [-0.4, -0.2) is 23.6 Å². The molecule has 1 heterocycles. The van der Waals surface area contributed by atoms with Crippen LogP contribution in [0.25, 0.3) is 0 Å². The van der Waals surface area contributed by atoms with Crippen molar-refractivity contribution in [3.63, 3.8) is 0 Å². The number of methoxy groups -OCH3 is 1. The SMILES string of the molecule is CCCNc1nc(C(OC)C(C)(C)C)nc(C)c1CC. The molecule has 0 saturated carbocycles. The van der Waals surface area contributed by atoms with Crippen LogP contribution in [0.4, 0.5) is 5.82 Å². The minimum absolute atomic E-state index is 0.0308. The minimum Gasteiger partial charge on any atom is -0.373 e. The number of aromatic nitrogens is 2. The van der Waals surface area contributed by atoms with E-state index in [1.165, 1.54) is 5.56 Å². The highest BCUT2D eigenvalue weighted by molar-refractivity contribution is 5.46. The predicted molar refractivity (Wildman–Crippen MR) is 84.1 cm³/mol. The third kappa shape index (κ3) is 3.92. The first-order valence-electron chi connectivity index (χ1n) is 7.49. The van der Waals surface area contributed by atoms with Gasteiger partial charge in [0.1, 0.15) is 11.9 Å². The number of nitrogens with one attached hydrogen (secondary N) is 1. The largest absolute Gasteiger partial charge is 0.373 e. The molecular weight excluding hydrogens is 250 g/mol. The third-order valence-corrected chi connectivity index (χ3v) is 3.38. The number of nitrogens with zero attached hydrogens (tertiary/aromatic N) is 2. The van der Waals surface area contributed by atoms with Crippen molar-refractivity contribution in [1.29, 1.82) is 0 Å². The smallest absolute Gasteiger partial charge is 0.160 e. The predicted octanol–water partition coefficient (Wildman–Crippen LogP) is 3.90. The third-order valence-electron chi connectivity index (χ3n) is 3.38. The molecule has 114 valence electrons. The zero-order valence-corrected chi connectivity index (χ0v) is 14.0. The lowest BCUT2D eigenvalue weighted by molar-refractivity contribution is 0.00862.